The van der Waals surface area contributed by atoms with E-state index in [9.17, 15) is 9.90 Å². The first-order chi connectivity index (χ1) is 14.6. The van der Waals surface area contributed by atoms with E-state index in [-0.39, 0.29) is 11.9 Å². The number of carbonyl (C=O) groups excluding carboxylic acids is 1. The Bertz CT molecular complexity index is 1080. The maximum Gasteiger partial charge on any atom is 0.251 e. The van der Waals surface area contributed by atoms with Crippen LogP contribution in [0, 0.1) is 17.8 Å². The van der Waals surface area contributed by atoms with Gasteiger partial charge in [0.2, 0.25) is 0 Å². The number of carbonyl (C=O) groups is 1. The monoisotopic (exact) mass is 407 g/mol. The second-order valence-corrected chi connectivity index (χ2v) is 9.43. The predicted octanol–water partition coefficient (Wildman–Crippen LogP) is 1.46. The summed E-state index contributed by atoms with van der Waals surface area (Å²) in [6.07, 6.45) is 7.34. The van der Waals surface area contributed by atoms with Gasteiger partial charge in [0.15, 0.2) is 0 Å². The van der Waals surface area contributed by atoms with Gasteiger partial charge in [-0.15, -0.1) is 5.10 Å². The Balaban J connectivity index is 1.17. The quantitative estimate of drug-likeness (QED) is 0.589. The number of imidazole rings is 1. The van der Waals surface area contributed by atoms with Gasteiger partial charge >= 0.3 is 0 Å². The minimum absolute atomic E-state index is 0.0383. The number of benzene rings is 1. The molecule has 4 fully saturated rings. The molecule has 0 unspecified atom stereocenters. The first-order valence-electron chi connectivity index (χ1n) is 10.8. The summed E-state index contributed by atoms with van der Waals surface area (Å²) in [6.45, 7) is 0.703. The first-order valence-corrected chi connectivity index (χ1v) is 10.8. The molecule has 30 heavy (non-hydrogen) atoms. The number of nitrogens with zero attached hydrogens (tertiary/aromatic N) is 5. The summed E-state index contributed by atoms with van der Waals surface area (Å²) in [5.74, 6) is 2.13. The van der Waals surface area contributed by atoms with Gasteiger partial charge in [-0.25, -0.2) is 10.1 Å². The molecule has 2 atom stereocenters. The summed E-state index contributed by atoms with van der Waals surface area (Å²) < 4.78 is 2.04. The molecule has 1 amide bonds. The van der Waals surface area contributed by atoms with Crippen LogP contribution < -0.4 is 5.32 Å². The number of tetrazole rings is 1. The lowest BCUT2D eigenvalue weighted by atomic mass is 9.52. The third kappa shape index (κ3) is 2.99. The lowest BCUT2D eigenvalue weighted by molar-refractivity contribution is -0.136. The van der Waals surface area contributed by atoms with Crippen molar-refractivity contribution in [1.82, 2.24) is 35.5 Å². The first kappa shape index (κ1) is 18.0. The number of aliphatic hydroxyl groups is 1. The molecule has 4 bridgehead atoms. The number of aromatic nitrogens is 6. The van der Waals surface area contributed by atoms with Crippen LogP contribution in [-0.4, -0.2) is 52.8 Å². The van der Waals surface area contributed by atoms with Crippen LogP contribution in [-0.2, 0) is 13.0 Å². The van der Waals surface area contributed by atoms with E-state index in [1.54, 1.807) is 6.33 Å². The normalized spacial score (nSPS) is 32.0. The van der Waals surface area contributed by atoms with E-state index in [2.05, 4.69) is 30.9 Å². The van der Waals surface area contributed by atoms with Gasteiger partial charge in [0.25, 0.3) is 5.91 Å². The molecule has 3 N–H and O–H groups in total. The highest BCUT2D eigenvalue weighted by Crippen LogP contribution is 2.55. The molecule has 156 valence electrons. The number of H-pyrrole nitrogens is 1. The molecule has 4 aliphatic rings. The third-order valence-corrected chi connectivity index (χ3v) is 7.40. The van der Waals surface area contributed by atoms with E-state index < -0.39 is 5.60 Å². The molecule has 4 aliphatic carbocycles. The summed E-state index contributed by atoms with van der Waals surface area (Å²) in [6, 6.07) is 5.87. The Morgan fingerprint density at radius 3 is 2.83 bits per heavy atom. The highest BCUT2D eigenvalue weighted by atomic mass is 16.3. The molecule has 3 aromatic rings. The van der Waals surface area contributed by atoms with Crippen LogP contribution in [0.1, 0.15) is 48.3 Å². The summed E-state index contributed by atoms with van der Waals surface area (Å²) in [4.78, 5) is 17.5. The van der Waals surface area contributed by atoms with Crippen LogP contribution in [0.25, 0.3) is 11.0 Å². The number of hydrogen-bond acceptors (Lipinski definition) is 6. The molecule has 9 heteroatoms. The van der Waals surface area contributed by atoms with E-state index in [0.717, 1.165) is 49.0 Å². The predicted molar refractivity (Wildman–Crippen MR) is 107 cm³/mol. The maximum atomic E-state index is 13.0. The van der Waals surface area contributed by atoms with Gasteiger partial charge in [-0.05, 0) is 78.5 Å². The standard InChI is InChI=1S/C21H25N7O2/c29-20(23-19-14-5-12-6-15(19)10-21(30,8-12)9-14)13-1-2-17-16(7-13)22-11-28(17)4-3-18-24-26-27-25-18/h1-2,7,11-12,14-15,19,30H,3-6,8-10H2,(H,23,29)(H,24,25,26,27)/t12?,14-,15-,19?,21?/m0/s1. The van der Waals surface area contributed by atoms with Gasteiger partial charge in [-0.2, -0.15) is 0 Å². The zero-order chi connectivity index (χ0) is 20.3. The van der Waals surface area contributed by atoms with Crippen LogP contribution in [0.5, 0.6) is 0 Å². The molecule has 1 aromatic carbocycles. The van der Waals surface area contributed by atoms with E-state index in [1.807, 2.05) is 22.8 Å². The Morgan fingerprint density at radius 2 is 2.10 bits per heavy atom. The molecule has 4 saturated carbocycles. The average molecular weight is 407 g/mol. The van der Waals surface area contributed by atoms with Crippen LogP contribution in [0.3, 0.4) is 0 Å². The highest BCUT2D eigenvalue weighted by molar-refractivity contribution is 5.97. The topological polar surface area (TPSA) is 122 Å². The van der Waals surface area contributed by atoms with Crippen molar-refractivity contribution >= 4 is 16.9 Å². The van der Waals surface area contributed by atoms with E-state index in [0.29, 0.717) is 36.3 Å². The van der Waals surface area contributed by atoms with Gasteiger partial charge in [-0.3, -0.25) is 4.79 Å². The molecular weight excluding hydrogens is 382 g/mol. The second-order valence-electron chi connectivity index (χ2n) is 9.43. The van der Waals surface area contributed by atoms with Crippen molar-refractivity contribution in [3.8, 4) is 0 Å². The average Bonchev–Trinajstić information content (AvgIpc) is 3.37. The van der Waals surface area contributed by atoms with E-state index >= 15 is 0 Å². The number of amides is 1. The Morgan fingerprint density at radius 1 is 1.27 bits per heavy atom. The second kappa shape index (κ2) is 6.60. The van der Waals surface area contributed by atoms with Gasteiger partial charge in [0, 0.05) is 24.6 Å². The fourth-order valence-corrected chi connectivity index (χ4v) is 6.35. The number of aryl methyl sites for hydroxylation is 2. The minimum atomic E-state index is -0.481. The summed E-state index contributed by atoms with van der Waals surface area (Å²) in [5.41, 5.74) is 1.94. The number of aromatic amines is 1. The fourth-order valence-electron chi connectivity index (χ4n) is 6.35. The van der Waals surface area contributed by atoms with Crippen molar-refractivity contribution in [2.45, 2.75) is 56.7 Å². The van der Waals surface area contributed by atoms with Gasteiger partial charge in [0.05, 0.1) is 23.0 Å². The zero-order valence-electron chi connectivity index (χ0n) is 16.7. The summed E-state index contributed by atoms with van der Waals surface area (Å²) in [7, 11) is 0. The number of nitrogens with one attached hydrogen (secondary N) is 2. The van der Waals surface area contributed by atoms with Crippen LogP contribution in [0.15, 0.2) is 24.5 Å². The van der Waals surface area contributed by atoms with Crippen molar-refractivity contribution in [2.75, 3.05) is 0 Å². The molecule has 0 radical (unpaired) electrons. The van der Waals surface area contributed by atoms with E-state index in [1.165, 1.54) is 0 Å². The number of rotatable bonds is 5. The number of hydrogen-bond donors (Lipinski definition) is 3. The molecule has 2 aromatic heterocycles. The third-order valence-electron chi connectivity index (χ3n) is 7.40. The van der Waals surface area contributed by atoms with Crippen molar-refractivity contribution in [1.29, 1.82) is 0 Å². The maximum absolute atomic E-state index is 13.0. The summed E-state index contributed by atoms with van der Waals surface area (Å²) >= 11 is 0. The van der Waals surface area contributed by atoms with E-state index in [4.69, 9.17) is 0 Å². The molecule has 9 nitrogen and oxygen atoms in total. The lowest BCUT2D eigenvalue weighted by Gasteiger charge is -2.58. The van der Waals surface area contributed by atoms with Crippen molar-refractivity contribution in [3.63, 3.8) is 0 Å². The zero-order valence-corrected chi connectivity index (χ0v) is 16.7. The highest BCUT2D eigenvalue weighted by Gasteiger charge is 2.55. The SMILES string of the molecule is O=C(NC1[C@H]2CC3C[C@H]1CC(O)(C3)C2)c1ccc2c(c1)ncn2CCc1nnn[nH]1. The van der Waals surface area contributed by atoms with Crippen molar-refractivity contribution in [2.24, 2.45) is 17.8 Å². The van der Waals surface area contributed by atoms with Crippen LogP contribution >= 0.6 is 0 Å². The molecule has 0 saturated heterocycles. The Kier molecular flexibility index (Phi) is 3.96. The molecule has 0 spiro atoms. The van der Waals surface area contributed by atoms with Crippen molar-refractivity contribution < 1.29 is 9.90 Å². The Labute approximate surface area is 173 Å². The van der Waals surface area contributed by atoms with Crippen LogP contribution in [0.2, 0.25) is 0 Å². The Hall–Kier alpha value is -2.81. The van der Waals surface area contributed by atoms with Crippen molar-refractivity contribution in [3.05, 3.63) is 35.9 Å². The fraction of sp³-hybridized carbons (Fsp3) is 0.571. The lowest BCUT2D eigenvalue weighted by Crippen LogP contribution is -2.61. The molecule has 7 rings (SSSR count). The minimum Gasteiger partial charge on any atom is -0.390 e. The van der Waals surface area contributed by atoms with Gasteiger partial charge in [-0.1, -0.05) is 0 Å². The number of fused-ring (bicyclic) bond motifs is 1. The molecule has 0 aliphatic heterocycles. The molecule has 2 heterocycles. The van der Waals surface area contributed by atoms with Gasteiger partial charge < -0.3 is 15.0 Å². The largest absolute Gasteiger partial charge is 0.390 e. The summed E-state index contributed by atoms with van der Waals surface area (Å²) in [5, 5.41) is 27.9. The molecular formula is C21H25N7O2. The smallest absolute Gasteiger partial charge is 0.251 e. The van der Waals surface area contributed by atoms with Crippen LogP contribution in [0.4, 0.5) is 0 Å². The van der Waals surface area contributed by atoms with Gasteiger partial charge in [0.1, 0.15) is 5.82 Å².